The zero-order valence-corrected chi connectivity index (χ0v) is 14.6. The normalized spacial score (nSPS) is 21.8. The van der Waals surface area contributed by atoms with Crippen LogP contribution in [0.2, 0.25) is 0 Å². The van der Waals surface area contributed by atoms with Gasteiger partial charge in [0, 0.05) is 50.2 Å². The lowest BCUT2D eigenvalue weighted by Crippen LogP contribution is -2.49. The molecule has 130 valence electrons. The van der Waals surface area contributed by atoms with E-state index in [2.05, 4.69) is 10.2 Å². The number of nitrogens with one attached hydrogen (secondary N) is 1. The van der Waals surface area contributed by atoms with Crippen LogP contribution < -0.4 is 11.1 Å². The molecule has 24 heavy (non-hydrogen) atoms. The van der Waals surface area contributed by atoms with Crippen molar-refractivity contribution in [1.29, 1.82) is 0 Å². The molecule has 2 fully saturated rings. The van der Waals surface area contributed by atoms with Crippen molar-refractivity contribution in [3.05, 3.63) is 29.8 Å². The van der Waals surface area contributed by atoms with Crippen molar-refractivity contribution < 1.29 is 9.59 Å². The molecule has 0 spiro atoms. The van der Waals surface area contributed by atoms with E-state index in [1.54, 1.807) is 0 Å². The van der Waals surface area contributed by atoms with Crippen LogP contribution in [0.1, 0.15) is 16.8 Å². The molecule has 0 aliphatic carbocycles. The maximum Gasteiger partial charge on any atom is 0.255 e. The predicted molar refractivity (Wildman–Crippen MR) is 95.1 cm³/mol. The number of primary amides is 1. The summed E-state index contributed by atoms with van der Waals surface area (Å²) < 4.78 is 0. The Balaban J connectivity index is 1.65. The van der Waals surface area contributed by atoms with Crippen LogP contribution in [0, 0.1) is 0 Å². The number of hydrogen-bond donors (Lipinski definition) is 2. The van der Waals surface area contributed by atoms with Crippen LogP contribution in [0.5, 0.6) is 0 Å². The van der Waals surface area contributed by atoms with Gasteiger partial charge in [0.2, 0.25) is 5.91 Å². The molecule has 6 nitrogen and oxygen atoms in total. The molecule has 1 aromatic carbocycles. The van der Waals surface area contributed by atoms with Gasteiger partial charge in [-0.3, -0.25) is 14.5 Å². The number of amides is 2. The van der Waals surface area contributed by atoms with E-state index in [0.717, 1.165) is 50.6 Å². The molecule has 2 saturated heterocycles. The molecule has 2 aliphatic rings. The molecule has 0 saturated carbocycles. The molecule has 0 aromatic heterocycles. The van der Waals surface area contributed by atoms with E-state index in [1.807, 2.05) is 29.2 Å². The largest absolute Gasteiger partial charge is 0.369 e. The lowest BCUT2D eigenvalue weighted by molar-refractivity contribution is -0.115. The predicted octanol–water partition coefficient (Wildman–Crippen LogP) is 0.384. The number of nitrogens with two attached hydrogens (primary N) is 1. The summed E-state index contributed by atoms with van der Waals surface area (Å²) in [6.45, 7) is 5.74. The lowest BCUT2D eigenvalue weighted by atomic mass is 10.2. The molecule has 0 bridgehead atoms. The fourth-order valence-electron chi connectivity index (χ4n) is 3.36. The van der Waals surface area contributed by atoms with E-state index in [4.69, 9.17) is 5.73 Å². The molecule has 2 amide bonds. The molecule has 3 N–H and O–H groups in total. The van der Waals surface area contributed by atoms with E-state index in [9.17, 15) is 9.59 Å². The summed E-state index contributed by atoms with van der Waals surface area (Å²) in [6, 6.07) is 7.93. The third-order valence-corrected chi connectivity index (χ3v) is 5.70. The Morgan fingerprint density at radius 3 is 2.71 bits per heavy atom. The Hall–Kier alpha value is -1.57. The maximum absolute atomic E-state index is 12.9. The number of carbonyl (C=O) groups is 2. The highest BCUT2D eigenvalue weighted by atomic mass is 32.2. The summed E-state index contributed by atoms with van der Waals surface area (Å²) in [5.74, 6) is -0.129. The second kappa shape index (κ2) is 8.00. The van der Waals surface area contributed by atoms with Crippen LogP contribution in [0.3, 0.4) is 0 Å². The van der Waals surface area contributed by atoms with Gasteiger partial charge >= 0.3 is 0 Å². The second-order valence-electron chi connectivity index (χ2n) is 6.23. The fourth-order valence-corrected chi connectivity index (χ4v) is 4.14. The number of piperazine rings is 1. The van der Waals surface area contributed by atoms with Gasteiger partial charge < -0.3 is 16.0 Å². The fraction of sp³-hybridized carbons (Fsp3) is 0.529. The summed E-state index contributed by atoms with van der Waals surface area (Å²) in [7, 11) is 0. The van der Waals surface area contributed by atoms with Crippen LogP contribution in [0.4, 0.5) is 0 Å². The number of rotatable bonds is 5. The van der Waals surface area contributed by atoms with Gasteiger partial charge in [-0.25, -0.2) is 0 Å². The summed E-state index contributed by atoms with van der Waals surface area (Å²) in [4.78, 5) is 29.2. The van der Waals surface area contributed by atoms with Gasteiger partial charge in [0.15, 0.2) is 0 Å². The average molecular weight is 348 g/mol. The monoisotopic (exact) mass is 348 g/mol. The third kappa shape index (κ3) is 4.09. The van der Waals surface area contributed by atoms with Crippen molar-refractivity contribution in [1.82, 2.24) is 15.1 Å². The number of carbonyl (C=O) groups excluding carboxylic acids is 2. The highest BCUT2D eigenvalue weighted by Gasteiger charge is 2.32. The molecule has 1 unspecified atom stereocenters. The Kier molecular flexibility index (Phi) is 5.76. The van der Waals surface area contributed by atoms with Gasteiger partial charge in [-0.2, -0.15) is 0 Å². The lowest BCUT2D eigenvalue weighted by Gasteiger charge is -2.32. The summed E-state index contributed by atoms with van der Waals surface area (Å²) in [5.41, 5.74) is 5.89. The Morgan fingerprint density at radius 1 is 1.21 bits per heavy atom. The first-order valence-electron chi connectivity index (χ1n) is 8.39. The Morgan fingerprint density at radius 2 is 1.96 bits per heavy atom. The van der Waals surface area contributed by atoms with Gasteiger partial charge in [0.25, 0.3) is 5.91 Å². The van der Waals surface area contributed by atoms with Crippen LogP contribution in [0.25, 0.3) is 0 Å². The van der Waals surface area contributed by atoms with Gasteiger partial charge in [0.1, 0.15) is 0 Å². The van der Waals surface area contributed by atoms with Crippen molar-refractivity contribution in [3.8, 4) is 0 Å². The minimum absolute atomic E-state index is 0.0557. The molecule has 2 aliphatic heterocycles. The molecular formula is C17H24N4O2S. The van der Waals surface area contributed by atoms with Gasteiger partial charge in [-0.1, -0.05) is 12.1 Å². The van der Waals surface area contributed by atoms with E-state index < -0.39 is 0 Å². The molecule has 1 atom stereocenters. The minimum Gasteiger partial charge on any atom is -0.369 e. The standard InChI is InChI=1S/C17H24N4O2S/c18-16(22)12-24-15-4-2-1-3-14(15)17(23)21-8-5-13(11-21)20-9-6-19-7-10-20/h1-4,13,19H,5-12H2,(H2,18,22). The van der Waals surface area contributed by atoms with Gasteiger partial charge in [-0.05, 0) is 18.6 Å². The second-order valence-corrected chi connectivity index (χ2v) is 7.25. The van der Waals surface area contributed by atoms with E-state index in [-0.39, 0.29) is 17.6 Å². The Bertz CT molecular complexity index is 604. The highest BCUT2D eigenvalue weighted by Crippen LogP contribution is 2.26. The SMILES string of the molecule is NC(=O)CSc1ccccc1C(=O)N1CCC(N2CCNCC2)C1. The summed E-state index contributed by atoms with van der Waals surface area (Å²) in [5, 5.41) is 3.37. The van der Waals surface area contributed by atoms with Crippen molar-refractivity contribution in [2.45, 2.75) is 17.4 Å². The van der Waals surface area contributed by atoms with E-state index in [1.165, 1.54) is 11.8 Å². The first-order chi connectivity index (χ1) is 11.6. The molecule has 0 radical (unpaired) electrons. The first kappa shape index (κ1) is 17.3. The molecular weight excluding hydrogens is 324 g/mol. The van der Waals surface area contributed by atoms with Crippen LogP contribution in [-0.2, 0) is 4.79 Å². The van der Waals surface area contributed by atoms with Crippen molar-refractivity contribution in [3.63, 3.8) is 0 Å². The highest BCUT2D eigenvalue weighted by molar-refractivity contribution is 8.00. The van der Waals surface area contributed by atoms with Gasteiger partial charge in [0.05, 0.1) is 11.3 Å². The van der Waals surface area contributed by atoms with Crippen molar-refractivity contribution in [2.24, 2.45) is 5.73 Å². The zero-order chi connectivity index (χ0) is 16.9. The van der Waals surface area contributed by atoms with Gasteiger partial charge in [-0.15, -0.1) is 11.8 Å². The number of hydrogen-bond acceptors (Lipinski definition) is 5. The van der Waals surface area contributed by atoms with Crippen molar-refractivity contribution >= 4 is 23.6 Å². The number of nitrogens with zero attached hydrogens (tertiary/aromatic N) is 2. The van der Waals surface area contributed by atoms with Crippen LogP contribution in [0.15, 0.2) is 29.2 Å². The van der Waals surface area contributed by atoms with Crippen LogP contribution >= 0.6 is 11.8 Å². The Labute approximate surface area is 146 Å². The third-order valence-electron chi connectivity index (χ3n) is 4.61. The molecule has 2 heterocycles. The van der Waals surface area contributed by atoms with Crippen LogP contribution in [-0.4, -0.2) is 72.7 Å². The van der Waals surface area contributed by atoms with Crippen molar-refractivity contribution in [2.75, 3.05) is 45.0 Å². The first-order valence-corrected chi connectivity index (χ1v) is 9.38. The van der Waals surface area contributed by atoms with E-state index in [0.29, 0.717) is 11.6 Å². The maximum atomic E-state index is 12.9. The molecule has 7 heteroatoms. The summed E-state index contributed by atoms with van der Waals surface area (Å²) >= 11 is 1.33. The number of thioether (sulfide) groups is 1. The zero-order valence-electron chi connectivity index (χ0n) is 13.7. The molecule has 3 rings (SSSR count). The van der Waals surface area contributed by atoms with E-state index >= 15 is 0 Å². The topological polar surface area (TPSA) is 78.7 Å². The number of benzene rings is 1. The number of likely N-dealkylation sites (tertiary alicyclic amines) is 1. The smallest absolute Gasteiger partial charge is 0.255 e. The average Bonchev–Trinajstić information content (AvgIpc) is 3.10. The quantitative estimate of drug-likeness (QED) is 0.753. The molecule has 1 aromatic rings. The minimum atomic E-state index is -0.373. The summed E-state index contributed by atoms with van der Waals surface area (Å²) in [6.07, 6.45) is 1.03.